The topological polar surface area (TPSA) is 48.7 Å². The fraction of sp³-hybridized carbons (Fsp3) is 0.200. The highest BCUT2D eigenvalue weighted by Crippen LogP contribution is 2.19. The molecule has 0 saturated carbocycles. The Morgan fingerprint density at radius 1 is 1.22 bits per heavy atom. The summed E-state index contributed by atoms with van der Waals surface area (Å²) >= 11 is 0. The first kappa shape index (κ1) is 12.1. The Kier molecular flexibility index (Phi) is 3.59. The van der Waals surface area contributed by atoms with Crippen LogP contribution < -0.4 is 5.32 Å². The second-order valence-corrected chi connectivity index (χ2v) is 4.35. The lowest BCUT2D eigenvalue weighted by Crippen LogP contribution is -2.06. The maximum Gasteiger partial charge on any atom is 0.0991 e. The number of hydrogen-bond donors (Lipinski definition) is 1. The monoisotopic (exact) mass is 237 g/mol. The summed E-state index contributed by atoms with van der Waals surface area (Å²) in [5, 5.41) is 12.1. The highest BCUT2D eigenvalue weighted by Gasteiger charge is 2.05. The number of hydrogen-bond acceptors (Lipinski definition) is 3. The molecule has 1 atom stereocenters. The zero-order valence-corrected chi connectivity index (χ0v) is 10.5. The molecule has 0 saturated heterocycles. The molecular weight excluding hydrogens is 222 g/mol. The summed E-state index contributed by atoms with van der Waals surface area (Å²) in [6.07, 6.45) is 3.64. The van der Waals surface area contributed by atoms with Crippen LogP contribution in [0.5, 0.6) is 0 Å². The third-order valence-electron chi connectivity index (χ3n) is 2.80. The van der Waals surface area contributed by atoms with Crippen LogP contribution in [-0.2, 0) is 0 Å². The third kappa shape index (κ3) is 2.86. The SMILES string of the molecule is Cc1cncc(NC(C)c2ccc(C#N)cc2)c1. The van der Waals surface area contributed by atoms with Crippen LogP contribution in [0.1, 0.15) is 29.7 Å². The van der Waals surface area contributed by atoms with Gasteiger partial charge >= 0.3 is 0 Å². The minimum Gasteiger partial charge on any atom is -0.377 e. The molecule has 1 N–H and O–H groups in total. The van der Waals surface area contributed by atoms with Crippen molar-refractivity contribution in [3.8, 4) is 6.07 Å². The van der Waals surface area contributed by atoms with Crippen LogP contribution >= 0.6 is 0 Å². The van der Waals surface area contributed by atoms with Gasteiger partial charge in [0.25, 0.3) is 0 Å². The molecule has 0 aliphatic heterocycles. The maximum absolute atomic E-state index is 8.76. The van der Waals surface area contributed by atoms with Gasteiger partial charge < -0.3 is 5.32 Å². The molecule has 3 heteroatoms. The van der Waals surface area contributed by atoms with Crippen LogP contribution in [0.4, 0.5) is 5.69 Å². The lowest BCUT2D eigenvalue weighted by molar-refractivity contribution is 0.882. The summed E-state index contributed by atoms with van der Waals surface area (Å²) in [7, 11) is 0. The van der Waals surface area contributed by atoms with Crippen LogP contribution in [-0.4, -0.2) is 4.98 Å². The van der Waals surface area contributed by atoms with Crippen LogP contribution in [0.15, 0.2) is 42.7 Å². The molecule has 2 aromatic rings. The molecule has 0 radical (unpaired) electrons. The Morgan fingerprint density at radius 2 is 1.94 bits per heavy atom. The molecule has 0 bridgehead atoms. The Morgan fingerprint density at radius 3 is 2.56 bits per heavy atom. The van der Waals surface area contributed by atoms with Gasteiger partial charge in [-0.15, -0.1) is 0 Å². The van der Waals surface area contributed by atoms with Gasteiger partial charge in [-0.2, -0.15) is 5.26 Å². The van der Waals surface area contributed by atoms with Crippen molar-refractivity contribution in [3.63, 3.8) is 0 Å². The van der Waals surface area contributed by atoms with Gasteiger partial charge in [-0.05, 0) is 43.2 Å². The lowest BCUT2D eigenvalue weighted by Gasteiger charge is -2.15. The molecular formula is C15H15N3. The summed E-state index contributed by atoms with van der Waals surface area (Å²) in [6, 6.07) is 12.0. The fourth-order valence-electron chi connectivity index (χ4n) is 1.81. The van der Waals surface area contributed by atoms with Gasteiger partial charge in [0.1, 0.15) is 0 Å². The van der Waals surface area contributed by atoms with E-state index >= 15 is 0 Å². The normalized spacial score (nSPS) is 11.6. The number of pyridine rings is 1. The first-order valence-electron chi connectivity index (χ1n) is 5.87. The van der Waals surface area contributed by atoms with E-state index < -0.39 is 0 Å². The Hall–Kier alpha value is -2.34. The molecule has 0 aliphatic rings. The number of anilines is 1. The van der Waals surface area contributed by atoms with E-state index in [1.165, 1.54) is 0 Å². The number of rotatable bonds is 3. The van der Waals surface area contributed by atoms with Gasteiger partial charge in [-0.25, -0.2) is 0 Å². The smallest absolute Gasteiger partial charge is 0.0991 e. The summed E-state index contributed by atoms with van der Waals surface area (Å²) in [5.74, 6) is 0. The van der Waals surface area contributed by atoms with Crippen LogP contribution in [0.25, 0.3) is 0 Å². The fourth-order valence-corrected chi connectivity index (χ4v) is 1.81. The van der Waals surface area contributed by atoms with Crippen molar-refractivity contribution in [2.45, 2.75) is 19.9 Å². The molecule has 0 spiro atoms. The molecule has 90 valence electrons. The van der Waals surface area contributed by atoms with Gasteiger partial charge in [0, 0.05) is 18.4 Å². The Balaban J connectivity index is 2.12. The standard InChI is InChI=1S/C15H15N3/c1-11-7-15(10-17-9-11)18-12(2)14-5-3-13(8-16)4-6-14/h3-7,9-10,12,18H,1-2H3. The van der Waals surface area contributed by atoms with Crippen molar-refractivity contribution in [1.82, 2.24) is 4.98 Å². The molecule has 3 nitrogen and oxygen atoms in total. The van der Waals surface area contributed by atoms with Crippen molar-refractivity contribution >= 4 is 5.69 Å². The second-order valence-electron chi connectivity index (χ2n) is 4.35. The quantitative estimate of drug-likeness (QED) is 0.889. The number of benzene rings is 1. The average Bonchev–Trinajstić information content (AvgIpc) is 2.39. The van der Waals surface area contributed by atoms with E-state index in [2.05, 4.69) is 29.4 Å². The summed E-state index contributed by atoms with van der Waals surface area (Å²) < 4.78 is 0. The minimum absolute atomic E-state index is 0.182. The molecule has 1 aromatic heterocycles. The molecule has 1 unspecified atom stereocenters. The van der Waals surface area contributed by atoms with Gasteiger partial charge in [-0.3, -0.25) is 4.98 Å². The largest absolute Gasteiger partial charge is 0.377 e. The number of nitrogens with one attached hydrogen (secondary N) is 1. The van der Waals surface area contributed by atoms with E-state index in [1.54, 1.807) is 0 Å². The van der Waals surface area contributed by atoms with Crippen molar-refractivity contribution in [1.29, 1.82) is 5.26 Å². The predicted molar refractivity (Wildman–Crippen MR) is 72.2 cm³/mol. The predicted octanol–water partition coefficient (Wildman–Crippen LogP) is 3.43. The first-order valence-corrected chi connectivity index (χ1v) is 5.87. The van der Waals surface area contributed by atoms with E-state index in [-0.39, 0.29) is 6.04 Å². The summed E-state index contributed by atoms with van der Waals surface area (Å²) in [5.41, 5.74) is 3.97. The van der Waals surface area contributed by atoms with Crippen LogP contribution in [0.2, 0.25) is 0 Å². The number of aryl methyl sites for hydroxylation is 1. The van der Waals surface area contributed by atoms with E-state index in [4.69, 9.17) is 5.26 Å². The van der Waals surface area contributed by atoms with Gasteiger partial charge in [0.2, 0.25) is 0 Å². The van der Waals surface area contributed by atoms with E-state index in [9.17, 15) is 0 Å². The maximum atomic E-state index is 8.76. The molecule has 0 fully saturated rings. The van der Waals surface area contributed by atoms with E-state index in [0.717, 1.165) is 16.8 Å². The molecule has 1 aromatic carbocycles. The van der Waals surface area contributed by atoms with Crippen LogP contribution in [0.3, 0.4) is 0 Å². The van der Waals surface area contributed by atoms with E-state index in [1.807, 2.05) is 43.6 Å². The lowest BCUT2D eigenvalue weighted by atomic mass is 10.1. The van der Waals surface area contributed by atoms with Crippen molar-refractivity contribution in [2.24, 2.45) is 0 Å². The Labute approximate surface area is 107 Å². The first-order chi connectivity index (χ1) is 8.69. The molecule has 1 heterocycles. The van der Waals surface area contributed by atoms with Crippen molar-refractivity contribution < 1.29 is 0 Å². The second kappa shape index (κ2) is 5.33. The summed E-state index contributed by atoms with van der Waals surface area (Å²) in [4.78, 5) is 4.15. The molecule has 2 rings (SSSR count). The van der Waals surface area contributed by atoms with Crippen molar-refractivity contribution in [2.75, 3.05) is 5.32 Å². The highest BCUT2D eigenvalue weighted by atomic mass is 14.9. The average molecular weight is 237 g/mol. The molecule has 0 amide bonds. The molecule has 0 aliphatic carbocycles. The van der Waals surface area contributed by atoms with Crippen molar-refractivity contribution in [3.05, 3.63) is 59.4 Å². The minimum atomic E-state index is 0.182. The number of aromatic nitrogens is 1. The van der Waals surface area contributed by atoms with Gasteiger partial charge in [0.15, 0.2) is 0 Å². The third-order valence-corrected chi connectivity index (χ3v) is 2.80. The zero-order valence-electron chi connectivity index (χ0n) is 10.5. The summed E-state index contributed by atoms with van der Waals surface area (Å²) in [6.45, 7) is 4.11. The van der Waals surface area contributed by atoms with Gasteiger partial charge in [-0.1, -0.05) is 12.1 Å². The number of nitrogens with zero attached hydrogens (tertiary/aromatic N) is 2. The highest BCUT2D eigenvalue weighted by molar-refractivity contribution is 5.45. The number of nitriles is 1. The van der Waals surface area contributed by atoms with Crippen LogP contribution in [0, 0.1) is 18.3 Å². The van der Waals surface area contributed by atoms with Gasteiger partial charge in [0.05, 0.1) is 17.3 Å². The Bertz CT molecular complexity index is 567. The van der Waals surface area contributed by atoms with E-state index in [0.29, 0.717) is 5.56 Å². The zero-order chi connectivity index (χ0) is 13.0. The molecule has 18 heavy (non-hydrogen) atoms.